The molecular weight excluding hydrogens is 202 g/mol. The molecule has 1 aromatic rings. The van der Waals surface area contributed by atoms with Crippen LogP contribution in [0.3, 0.4) is 0 Å². The van der Waals surface area contributed by atoms with Gasteiger partial charge < -0.3 is 0 Å². The van der Waals surface area contributed by atoms with Gasteiger partial charge in [0.25, 0.3) is 0 Å². The number of nitrogens with one attached hydrogen (secondary N) is 1. The number of amides is 1. The number of nitrogens with zero attached hydrogens (tertiary/aromatic N) is 4. The molecule has 0 aromatic carbocycles. The van der Waals surface area contributed by atoms with Gasteiger partial charge in [-0.2, -0.15) is 20.2 Å². The van der Waals surface area contributed by atoms with Crippen molar-refractivity contribution in [2.45, 2.75) is 12.1 Å². The van der Waals surface area contributed by atoms with Gasteiger partial charge in [-0.25, -0.2) is 0 Å². The molecule has 0 bridgehead atoms. The molecule has 0 spiro atoms. The summed E-state index contributed by atoms with van der Waals surface area (Å²) in [6, 6.07) is 1.79. The van der Waals surface area contributed by atoms with Gasteiger partial charge in [-0.15, -0.1) is 0 Å². The molecule has 72 valence electrons. The molecule has 0 unspecified atom stereocenters. The van der Waals surface area contributed by atoms with Gasteiger partial charge >= 0.3 is 0 Å². The van der Waals surface area contributed by atoms with Crippen LogP contribution in [0.25, 0.3) is 0 Å². The van der Waals surface area contributed by atoms with Gasteiger partial charge in [-0.1, -0.05) is 11.8 Å². The molecule has 0 aliphatic carbocycles. The molecule has 0 aliphatic heterocycles. The lowest BCUT2D eigenvalue weighted by atomic mass is 10.6. The zero-order valence-corrected chi connectivity index (χ0v) is 8.42. The standard InChI is InChI=1S/C7H7N5OS/c1-4(13)9-6-10-5(3-8)11-7(12-6)14-2/h1-2H3,(H,9,10,11,12,13). The van der Waals surface area contributed by atoms with E-state index >= 15 is 0 Å². The van der Waals surface area contributed by atoms with Crippen LogP contribution in [0.5, 0.6) is 0 Å². The fraction of sp³-hybridized carbons (Fsp3) is 0.286. The summed E-state index contributed by atoms with van der Waals surface area (Å²) in [5, 5.41) is 11.4. The maximum atomic E-state index is 10.7. The monoisotopic (exact) mass is 209 g/mol. The summed E-state index contributed by atoms with van der Waals surface area (Å²) in [7, 11) is 0. The number of anilines is 1. The highest BCUT2D eigenvalue weighted by atomic mass is 32.2. The van der Waals surface area contributed by atoms with Gasteiger partial charge in [0.05, 0.1) is 0 Å². The zero-order chi connectivity index (χ0) is 10.6. The Morgan fingerprint density at radius 3 is 2.71 bits per heavy atom. The third-order valence-corrected chi connectivity index (χ3v) is 1.73. The predicted molar refractivity (Wildman–Crippen MR) is 50.6 cm³/mol. The Morgan fingerprint density at radius 1 is 1.50 bits per heavy atom. The molecule has 14 heavy (non-hydrogen) atoms. The SMILES string of the molecule is CSc1nc(C#N)nc(NC(C)=O)n1. The summed E-state index contributed by atoms with van der Waals surface area (Å²) in [6.07, 6.45) is 1.77. The van der Waals surface area contributed by atoms with Crippen molar-refractivity contribution >= 4 is 23.6 Å². The van der Waals surface area contributed by atoms with Crippen LogP contribution < -0.4 is 5.32 Å². The molecule has 7 heteroatoms. The van der Waals surface area contributed by atoms with Crippen LogP contribution in [0.4, 0.5) is 5.95 Å². The van der Waals surface area contributed by atoms with E-state index in [0.717, 1.165) is 0 Å². The minimum absolute atomic E-state index is 0.00639. The maximum absolute atomic E-state index is 10.7. The smallest absolute Gasteiger partial charge is 0.237 e. The van der Waals surface area contributed by atoms with Crippen molar-refractivity contribution in [1.82, 2.24) is 15.0 Å². The van der Waals surface area contributed by atoms with E-state index in [4.69, 9.17) is 5.26 Å². The summed E-state index contributed by atoms with van der Waals surface area (Å²) in [5.41, 5.74) is 0. The summed E-state index contributed by atoms with van der Waals surface area (Å²) in [5.74, 6) is -0.186. The van der Waals surface area contributed by atoms with Crippen LogP contribution in [-0.4, -0.2) is 27.1 Å². The van der Waals surface area contributed by atoms with E-state index in [1.165, 1.54) is 18.7 Å². The van der Waals surface area contributed by atoms with Gasteiger partial charge in [-0.3, -0.25) is 10.1 Å². The first-order chi connectivity index (χ1) is 6.65. The number of hydrogen-bond acceptors (Lipinski definition) is 6. The predicted octanol–water partition coefficient (Wildman–Crippen LogP) is 0.424. The third kappa shape index (κ3) is 2.67. The van der Waals surface area contributed by atoms with E-state index < -0.39 is 0 Å². The molecule has 0 saturated carbocycles. The van der Waals surface area contributed by atoms with Gasteiger partial charge in [0.15, 0.2) is 5.16 Å². The van der Waals surface area contributed by atoms with E-state index in [0.29, 0.717) is 5.16 Å². The fourth-order valence-electron chi connectivity index (χ4n) is 0.711. The maximum Gasteiger partial charge on any atom is 0.237 e. The van der Waals surface area contributed by atoms with E-state index in [1.54, 1.807) is 12.3 Å². The van der Waals surface area contributed by atoms with Gasteiger partial charge in [-0.05, 0) is 6.26 Å². The number of rotatable bonds is 2. The van der Waals surface area contributed by atoms with E-state index in [-0.39, 0.29) is 17.7 Å². The molecule has 1 aromatic heterocycles. The third-order valence-electron chi connectivity index (χ3n) is 1.19. The van der Waals surface area contributed by atoms with Gasteiger partial charge in [0.1, 0.15) is 6.07 Å². The van der Waals surface area contributed by atoms with Crippen molar-refractivity contribution in [1.29, 1.82) is 5.26 Å². The molecule has 0 fully saturated rings. The zero-order valence-electron chi connectivity index (χ0n) is 7.61. The molecule has 1 heterocycles. The Kier molecular flexibility index (Phi) is 3.36. The highest BCUT2D eigenvalue weighted by molar-refractivity contribution is 7.98. The van der Waals surface area contributed by atoms with Gasteiger partial charge in [0.2, 0.25) is 17.7 Å². The van der Waals surface area contributed by atoms with Crippen molar-refractivity contribution < 1.29 is 4.79 Å². The molecule has 1 N–H and O–H groups in total. The number of carbonyl (C=O) groups excluding carboxylic acids is 1. The lowest BCUT2D eigenvalue weighted by molar-refractivity contribution is -0.114. The van der Waals surface area contributed by atoms with Crippen molar-refractivity contribution in [2.75, 3.05) is 11.6 Å². The van der Waals surface area contributed by atoms with Crippen molar-refractivity contribution in [3.63, 3.8) is 0 Å². The Hall–Kier alpha value is -1.68. The molecule has 1 rings (SSSR count). The number of nitriles is 1. The van der Waals surface area contributed by atoms with E-state index in [9.17, 15) is 4.79 Å². The molecule has 0 radical (unpaired) electrons. The lowest BCUT2D eigenvalue weighted by Gasteiger charge is -2.01. The summed E-state index contributed by atoms with van der Waals surface area (Å²) in [4.78, 5) is 22.1. The second kappa shape index (κ2) is 4.53. The highest BCUT2D eigenvalue weighted by Crippen LogP contribution is 2.10. The summed E-state index contributed by atoms with van der Waals surface area (Å²) >= 11 is 1.27. The first-order valence-corrected chi connectivity index (χ1v) is 4.86. The Morgan fingerprint density at radius 2 is 2.21 bits per heavy atom. The average Bonchev–Trinajstić information content (AvgIpc) is 2.16. The van der Waals surface area contributed by atoms with Crippen LogP contribution in [0.2, 0.25) is 0 Å². The molecule has 0 aliphatic rings. The highest BCUT2D eigenvalue weighted by Gasteiger charge is 2.05. The number of aromatic nitrogens is 3. The molecular formula is C7H7N5OS. The fourth-order valence-corrected chi connectivity index (χ4v) is 1.07. The minimum atomic E-state index is -0.285. The number of hydrogen-bond donors (Lipinski definition) is 1. The normalized spacial score (nSPS) is 9.21. The summed E-state index contributed by atoms with van der Waals surface area (Å²) < 4.78 is 0. The Bertz CT molecular complexity index is 400. The molecule has 6 nitrogen and oxygen atoms in total. The molecule has 1 amide bonds. The minimum Gasteiger partial charge on any atom is -0.295 e. The topological polar surface area (TPSA) is 91.6 Å². The van der Waals surface area contributed by atoms with Gasteiger partial charge in [0, 0.05) is 6.92 Å². The first kappa shape index (κ1) is 10.4. The van der Waals surface area contributed by atoms with Crippen LogP contribution in [0.15, 0.2) is 5.16 Å². The summed E-state index contributed by atoms with van der Waals surface area (Å²) in [6.45, 7) is 1.34. The van der Waals surface area contributed by atoms with Crippen LogP contribution in [0, 0.1) is 11.3 Å². The van der Waals surface area contributed by atoms with Crippen molar-refractivity contribution in [3.8, 4) is 6.07 Å². The van der Waals surface area contributed by atoms with Crippen LogP contribution in [0.1, 0.15) is 12.7 Å². The van der Waals surface area contributed by atoms with E-state index in [1.807, 2.05) is 0 Å². The lowest BCUT2D eigenvalue weighted by Crippen LogP contribution is -2.11. The average molecular weight is 209 g/mol. The first-order valence-electron chi connectivity index (χ1n) is 3.63. The quantitative estimate of drug-likeness (QED) is 0.710. The number of carbonyl (C=O) groups is 1. The van der Waals surface area contributed by atoms with Crippen molar-refractivity contribution in [3.05, 3.63) is 5.82 Å². The largest absolute Gasteiger partial charge is 0.295 e. The second-order valence-electron chi connectivity index (χ2n) is 2.26. The number of thioether (sulfide) groups is 1. The van der Waals surface area contributed by atoms with Crippen LogP contribution in [-0.2, 0) is 4.79 Å². The van der Waals surface area contributed by atoms with Crippen molar-refractivity contribution in [2.24, 2.45) is 0 Å². The Balaban J connectivity index is 3.05. The van der Waals surface area contributed by atoms with Crippen LogP contribution >= 0.6 is 11.8 Å². The molecule has 0 atom stereocenters. The second-order valence-corrected chi connectivity index (χ2v) is 3.04. The molecule has 0 saturated heterocycles. The van der Waals surface area contributed by atoms with E-state index in [2.05, 4.69) is 20.3 Å². The Labute approximate surface area is 84.8 Å².